The molecule has 0 saturated heterocycles. The van der Waals surface area contributed by atoms with Crippen molar-refractivity contribution in [2.45, 2.75) is 27.7 Å². The van der Waals surface area contributed by atoms with E-state index in [1.165, 1.54) is 0 Å². The molecule has 0 aliphatic carbocycles. The van der Waals surface area contributed by atoms with E-state index in [1.54, 1.807) is 18.2 Å². The molecule has 0 heterocycles. The molecule has 1 rings (SSSR count). The van der Waals surface area contributed by atoms with E-state index in [0.717, 1.165) is 39.3 Å². The topological polar surface area (TPSA) is 68.0 Å². The Kier molecular flexibility index (Phi) is 9.96. The lowest BCUT2D eigenvalue weighted by Gasteiger charge is -2.19. The van der Waals surface area contributed by atoms with Gasteiger partial charge >= 0.3 is 5.97 Å². The van der Waals surface area contributed by atoms with Gasteiger partial charge in [0.05, 0.1) is 11.3 Å². The number of nitrogen functional groups attached to an aromatic ring is 1. The first-order chi connectivity index (χ1) is 12.0. The number of likely N-dealkylation sites (N-methyl/N-ethyl adjacent to an activating group) is 2. The van der Waals surface area contributed by atoms with Crippen LogP contribution in [0, 0.1) is 0 Å². The molecule has 1 aromatic carbocycles. The summed E-state index contributed by atoms with van der Waals surface area (Å²) in [5.74, 6) is 0.250. The molecule has 0 unspecified atom stereocenters. The third kappa shape index (κ3) is 7.32. The van der Waals surface area contributed by atoms with Gasteiger partial charge in [0.1, 0.15) is 19.0 Å². The van der Waals surface area contributed by atoms with Crippen LogP contribution in [-0.4, -0.2) is 68.3 Å². The number of ether oxygens (including phenoxy) is 2. The number of benzene rings is 1. The fraction of sp³-hybridized carbons (Fsp3) is 0.632. The number of hydrogen-bond donors (Lipinski definition) is 1. The Hall–Kier alpha value is -1.79. The van der Waals surface area contributed by atoms with Gasteiger partial charge in [0.25, 0.3) is 0 Å². The molecule has 2 N–H and O–H groups in total. The number of nitrogens with zero attached hydrogens (tertiary/aromatic N) is 2. The van der Waals surface area contributed by atoms with Gasteiger partial charge in [-0.25, -0.2) is 4.79 Å². The number of hydrogen-bond acceptors (Lipinski definition) is 6. The molecule has 1 aromatic rings. The van der Waals surface area contributed by atoms with E-state index in [2.05, 4.69) is 37.5 Å². The van der Waals surface area contributed by atoms with E-state index in [-0.39, 0.29) is 5.97 Å². The van der Waals surface area contributed by atoms with Crippen LogP contribution in [-0.2, 0) is 4.74 Å². The largest absolute Gasteiger partial charge is 0.490 e. The Labute approximate surface area is 151 Å². The summed E-state index contributed by atoms with van der Waals surface area (Å²) in [5.41, 5.74) is 6.91. The Balaban J connectivity index is 2.49. The first kappa shape index (κ1) is 21.3. The Morgan fingerprint density at radius 2 is 1.52 bits per heavy atom. The van der Waals surface area contributed by atoms with Crippen LogP contribution in [0.25, 0.3) is 0 Å². The quantitative estimate of drug-likeness (QED) is 0.461. The smallest absolute Gasteiger partial charge is 0.338 e. The monoisotopic (exact) mass is 351 g/mol. The van der Waals surface area contributed by atoms with Crippen LogP contribution in [0.2, 0.25) is 0 Å². The van der Waals surface area contributed by atoms with Crippen LogP contribution < -0.4 is 10.5 Å². The number of esters is 1. The zero-order valence-corrected chi connectivity index (χ0v) is 16.1. The molecule has 0 radical (unpaired) electrons. The SMILES string of the molecule is CCN(CC)CCOC(=O)c1ccc(OCCN(CC)CC)c(N)c1. The maximum Gasteiger partial charge on any atom is 0.338 e. The Bertz CT molecular complexity index is 515. The normalized spacial score (nSPS) is 11.1. The van der Waals surface area contributed by atoms with Gasteiger partial charge in [0.15, 0.2) is 0 Å². The van der Waals surface area contributed by atoms with Crippen LogP contribution in [0.15, 0.2) is 18.2 Å². The van der Waals surface area contributed by atoms with E-state index >= 15 is 0 Å². The van der Waals surface area contributed by atoms with E-state index in [9.17, 15) is 4.79 Å². The lowest BCUT2D eigenvalue weighted by Crippen LogP contribution is -2.28. The van der Waals surface area contributed by atoms with Gasteiger partial charge in [-0.05, 0) is 44.4 Å². The first-order valence-electron chi connectivity index (χ1n) is 9.19. The summed E-state index contributed by atoms with van der Waals surface area (Å²) in [5, 5.41) is 0. The van der Waals surface area contributed by atoms with Crippen molar-refractivity contribution < 1.29 is 14.3 Å². The average molecular weight is 351 g/mol. The predicted molar refractivity (Wildman–Crippen MR) is 102 cm³/mol. The van der Waals surface area contributed by atoms with Crippen molar-refractivity contribution in [2.75, 3.05) is 58.2 Å². The number of anilines is 1. The molecule has 25 heavy (non-hydrogen) atoms. The molecule has 0 aliphatic heterocycles. The summed E-state index contributed by atoms with van der Waals surface area (Å²) >= 11 is 0. The van der Waals surface area contributed by atoms with Crippen LogP contribution in [0.3, 0.4) is 0 Å². The van der Waals surface area contributed by atoms with Crippen LogP contribution in [0.4, 0.5) is 5.69 Å². The molecular weight excluding hydrogens is 318 g/mol. The van der Waals surface area contributed by atoms with E-state index in [0.29, 0.717) is 30.2 Å². The van der Waals surface area contributed by atoms with Gasteiger partial charge in [0.2, 0.25) is 0 Å². The highest BCUT2D eigenvalue weighted by Gasteiger charge is 2.11. The van der Waals surface area contributed by atoms with Crippen LogP contribution in [0.1, 0.15) is 38.1 Å². The number of carbonyl (C=O) groups excluding carboxylic acids is 1. The third-order valence-corrected chi connectivity index (χ3v) is 4.34. The molecular formula is C19H33N3O3. The highest BCUT2D eigenvalue weighted by Crippen LogP contribution is 2.23. The minimum atomic E-state index is -0.353. The van der Waals surface area contributed by atoms with Crippen molar-refractivity contribution >= 4 is 11.7 Å². The first-order valence-corrected chi connectivity index (χ1v) is 9.19. The fourth-order valence-corrected chi connectivity index (χ4v) is 2.52. The average Bonchev–Trinajstić information content (AvgIpc) is 2.63. The molecule has 0 aliphatic rings. The summed E-state index contributed by atoms with van der Waals surface area (Å²) in [6.07, 6.45) is 0. The molecule has 0 bridgehead atoms. The molecule has 6 nitrogen and oxygen atoms in total. The van der Waals surface area contributed by atoms with Crippen molar-refractivity contribution in [1.29, 1.82) is 0 Å². The lowest BCUT2D eigenvalue weighted by atomic mass is 10.2. The molecule has 0 fully saturated rings. The lowest BCUT2D eigenvalue weighted by molar-refractivity contribution is 0.0466. The number of rotatable bonds is 12. The zero-order chi connectivity index (χ0) is 18.7. The highest BCUT2D eigenvalue weighted by atomic mass is 16.5. The Morgan fingerprint density at radius 3 is 2.04 bits per heavy atom. The highest BCUT2D eigenvalue weighted by molar-refractivity contribution is 5.91. The summed E-state index contributed by atoms with van der Waals surface area (Å²) < 4.78 is 11.0. The summed E-state index contributed by atoms with van der Waals surface area (Å²) in [6.45, 7) is 14.8. The van der Waals surface area contributed by atoms with Crippen LogP contribution in [0.5, 0.6) is 5.75 Å². The second-order valence-corrected chi connectivity index (χ2v) is 5.79. The van der Waals surface area contributed by atoms with Gasteiger partial charge in [-0.2, -0.15) is 0 Å². The molecule has 0 aromatic heterocycles. The van der Waals surface area contributed by atoms with E-state index < -0.39 is 0 Å². The maximum atomic E-state index is 12.1. The third-order valence-electron chi connectivity index (χ3n) is 4.34. The van der Waals surface area contributed by atoms with Crippen LogP contribution >= 0.6 is 0 Å². The maximum absolute atomic E-state index is 12.1. The summed E-state index contributed by atoms with van der Waals surface area (Å²) in [4.78, 5) is 16.6. The van der Waals surface area contributed by atoms with Crippen molar-refractivity contribution in [2.24, 2.45) is 0 Å². The van der Waals surface area contributed by atoms with Crippen molar-refractivity contribution in [1.82, 2.24) is 9.80 Å². The van der Waals surface area contributed by atoms with Gasteiger partial charge in [0, 0.05) is 13.1 Å². The predicted octanol–water partition coefficient (Wildman–Crippen LogP) is 2.49. The van der Waals surface area contributed by atoms with Gasteiger partial charge < -0.3 is 25.0 Å². The molecule has 6 heteroatoms. The van der Waals surface area contributed by atoms with Crippen molar-refractivity contribution in [3.05, 3.63) is 23.8 Å². The summed E-state index contributed by atoms with van der Waals surface area (Å²) in [6, 6.07) is 5.05. The number of nitrogens with two attached hydrogens (primary N) is 1. The second-order valence-electron chi connectivity index (χ2n) is 5.79. The van der Waals surface area contributed by atoms with Crippen molar-refractivity contribution in [3.8, 4) is 5.75 Å². The number of carbonyl (C=O) groups is 1. The Morgan fingerprint density at radius 1 is 0.960 bits per heavy atom. The van der Waals surface area contributed by atoms with E-state index in [4.69, 9.17) is 15.2 Å². The standard InChI is InChI=1S/C19H33N3O3/c1-5-21(6-2)11-13-24-18-10-9-16(15-17(18)20)19(23)25-14-12-22(7-3)8-4/h9-10,15H,5-8,11-14,20H2,1-4H3. The summed E-state index contributed by atoms with van der Waals surface area (Å²) in [7, 11) is 0. The minimum absolute atomic E-state index is 0.353. The van der Waals surface area contributed by atoms with Gasteiger partial charge in [-0.15, -0.1) is 0 Å². The molecule has 0 amide bonds. The molecule has 142 valence electrons. The van der Waals surface area contributed by atoms with Gasteiger partial charge in [-0.3, -0.25) is 0 Å². The molecule has 0 saturated carbocycles. The van der Waals surface area contributed by atoms with Gasteiger partial charge in [-0.1, -0.05) is 27.7 Å². The molecule has 0 atom stereocenters. The minimum Gasteiger partial charge on any atom is -0.490 e. The zero-order valence-electron chi connectivity index (χ0n) is 16.1. The second kappa shape index (κ2) is 11.7. The molecule has 0 spiro atoms. The fourth-order valence-electron chi connectivity index (χ4n) is 2.52. The van der Waals surface area contributed by atoms with E-state index in [1.807, 2.05) is 0 Å². The van der Waals surface area contributed by atoms with Crippen molar-refractivity contribution in [3.63, 3.8) is 0 Å².